The number of alkyl halides is 3. The molecule has 6 heteroatoms. The molecule has 0 amide bonds. The Kier molecular flexibility index (Phi) is 4.69. The molecule has 1 saturated heterocycles. The second kappa shape index (κ2) is 5.46. The second-order valence-electron chi connectivity index (χ2n) is 3.88. The Balaban J connectivity index is 0.00000144. The summed E-state index contributed by atoms with van der Waals surface area (Å²) in [4.78, 5) is 0. The zero-order chi connectivity index (χ0) is 11.8. The van der Waals surface area contributed by atoms with Crippen LogP contribution in [0.2, 0.25) is 5.02 Å². The van der Waals surface area contributed by atoms with Crippen LogP contribution in [0, 0.1) is 0 Å². The highest BCUT2D eigenvalue weighted by Crippen LogP contribution is 2.35. The fourth-order valence-electron chi connectivity index (χ4n) is 1.94. The molecule has 1 N–H and O–H groups in total. The molecule has 0 aliphatic carbocycles. The van der Waals surface area contributed by atoms with Crippen LogP contribution in [0.4, 0.5) is 13.2 Å². The summed E-state index contributed by atoms with van der Waals surface area (Å²) in [6.07, 6.45) is -2.50. The molecule has 1 heterocycles. The lowest BCUT2D eigenvalue weighted by Gasteiger charge is -2.15. The van der Waals surface area contributed by atoms with Crippen molar-refractivity contribution in [3.63, 3.8) is 0 Å². The molecule has 1 aromatic rings. The molecule has 0 saturated carbocycles. The molecular weight excluding hydrogens is 274 g/mol. The van der Waals surface area contributed by atoms with E-state index in [0.29, 0.717) is 10.6 Å². The topological polar surface area (TPSA) is 12.0 Å². The zero-order valence-electron chi connectivity index (χ0n) is 8.85. The van der Waals surface area contributed by atoms with E-state index in [1.807, 2.05) is 0 Å². The number of hydrogen-bond donors (Lipinski definition) is 1. The maximum absolute atomic E-state index is 12.5. The summed E-state index contributed by atoms with van der Waals surface area (Å²) in [5.41, 5.74) is -0.0883. The molecule has 1 unspecified atom stereocenters. The molecule has 17 heavy (non-hydrogen) atoms. The average molecular weight is 286 g/mol. The fraction of sp³-hybridized carbons (Fsp3) is 0.455. The standard InChI is InChI=1S/C11H11ClF3N.ClH/c12-9-4-3-7(11(13,14)15)6-8(9)10-2-1-5-16-10;/h3-4,6,10,16H,1-2,5H2;1H. The third kappa shape index (κ3) is 3.27. The van der Waals surface area contributed by atoms with Gasteiger partial charge < -0.3 is 5.32 Å². The Bertz CT molecular complexity index is 387. The van der Waals surface area contributed by atoms with Gasteiger partial charge in [0.25, 0.3) is 0 Å². The van der Waals surface area contributed by atoms with E-state index in [0.717, 1.165) is 31.5 Å². The predicted molar refractivity (Wildman–Crippen MR) is 63.7 cm³/mol. The highest BCUT2D eigenvalue weighted by Gasteiger charge is 2.32. The summed E-state index contributed by atoms with van der Waals surface area (Å²) in [5.74, 6) is 0. The third-order valence-corrected chi connectivity index (χ3v) is 3.10. The smallest absolute Gasteiger partial charge is 0.310 e. The van der Waals surface area contributed by atoms with Crippen LogP contribution in [0.3, 0.4) is 0 Å². The molecule has 0 bridgehead atoms. The molecule has 1 nitrogen and oxygen atoms in total. The summed E-state index contributed by atoms with van der Waals surface area (Å²) < 4.78 is 37.6. The number of nitrogens with one attached hydrogen (secondary N) is 1. The van der Waals surface area contributed by atoms with Crippen LogP contribution in [0.15, 0.2) is 18.2 Å². The lowest BCUT2D eigenvalue weighted by atomic mass is 10.0. The molecule has 1 aromatic carbocycles. The first-order chi connectivity index (χ1) is 7.48. The number of halogens is 5. The van der Waals surface area contributed by atoms with E-state index in [9.17, 15) is 13.2 Å². The van der Waals surface area contributed by atoms with Gasteiger partial charge in [-0.05, 0) is 43.1 Å². The van der Waals surface area contributed by atoms with Crippen LogP contribution >= 0.6 is 24.0 Å². The average Bonchev–Trinajstić information content (AvgIpc) is 2.69. The first-order valence-electron chi connectivity index (χ1n) is 5.08. The van der Waals surface area contributed by atoms with E-state index >= 15 is 0 Å². The van der Waals surface area contributed by atoms with Gasteiger partial charge >= 0.3 is 6.18 Å². The van der Waals surface area contributed by atoms with Crippen molar-refractivity contribution in [1.29, 1.82) is 0 Å². The van der Waals surface area contributed by atoms with Crippen molar-refractivity contribution in [1.82, 2.24) is 5.32 Å². The normalized spacial score (nSPS) is 20.1. The summed E-state index contributed by atoms with van der Waals surface area (Å²) in [6.45, 7) is 0.831. The molecule has 96 valence electrons. The van der Waals surface area contributed by atoms with Crippen molar-refractivity contribution in [2.45, 2.75) is 25.1 Å². The van der Waals surface area contributed by atoms with E-state index in [1.54, 1.807) is 0 Å². The van der Waals surface area contributed by atoms with Gasteiger partial charge in [0.1, 0.15) is 0 Å². The van der Waals surface area contributed by atoms with Crippen LogP contribution in [0.25, 0.3) is 0 Å². The highest BCUT2D eigenvalue weighted by molar-refractivity contribution is 6.31. The molecule has 1 atom stereocenters. The first-order valence-corrected chi connectivity index (χ1v) is 5.46. The van der Waals surface area contributed by atoms with Crippen LogP contribution in [-0.2, 0) is 6.18 Å². The first kappa shape index (κ1) is 14.6. The minimum atomic E-state index is -4.31. The van der Waals surface area contributed by atoms with Crippen molar-refractivity contribution in [3.8, 4) is 0 Å². The molecule has 0 radical (unpaired) electrons. The minimum Gasteiger partial charge on any atom is -0.310 e. The lowest BCUT2D eigenvalue weighted by molar-refractivity contribution is -0.137. The summed E-state index contributed by atoms with van der Waals surface area (Å²) in [7, 11) is 0. The van der Waals surface area contributed by atoms with Gasteiger partial charge in [0, 0.05) is 11.1 Å². The van der Waals surface area contributed by atoms with Gasteiger partial charge in [0.2, 0.25) is 0 Å². The Morgan fingerprint density at radius 3 is 2.53 bits per heavy atom. The fourth-order valence-corrected chi connectivity index (χ4v) is 2.19. The SMILES string of the molecule is Cl.FC(F)(F)c1ccc(Cl)c(C2CCCN2)c1. The third-order valence-electron chi connectivity index (χ3n) is 2.76. The highest BCUT2D eigenvalue weighted by atomic mass is 35.5. The lowest BCUT2D eigenvalue weighted by Crippen LogP contribution is -2.14. The molecule has 1 aliphatic rings. The van der Waals surface area contributed by atoms with Crippen LogP contribution in [0.1, 0.15) is 30.0 Å². The summed E-state index contributed by atoms with van der Waals surface area (Å²) in [6, 6.07) is 3.43. The molecule has 1 fully saturated rings. The summed E-state index contributed by atoms with van der Waals surface area (Å²) >= 11 is 5.92. The minimum absolute atomic E-state index is 0. The summed E-state index contributed by atoms with van der Waals surface area (Å²) in [5, 5.41) is 3.54. The molecular formula is C11H12Cl2F3N. The van der Waals surface area contributed by atoms with E-state index in [-0.39, 0.29) is 18.4 Å². The monoisotopic (exact) mass is 285 g/mol. The number of benzene rings is 1. The molecule has 0 spiro atoms. The Morgan fingerprint density at radius 1 is 1.29 bits per heavy atom. The van der Waals surface area contributed by atoms with Gasteiger partial charge in [-0.1, -0.05) is 11.6 Å². The van der Waals surface area contributed by atoms with E-state index < -0.39 is 11.7 Å². The van der Waals surface area contributed by atoms with Crippen molar-refractivity contribution >= 4 is 24.0 Å². The Morgan fingerprint density at radius 2 is 2.00 bits per heavy atom. The van der Waals surface area contributed by atoms with Gasteiger partial charge in [-0.3, -0.25) is 0 Å². The van der Waals surface area contributed by atoms with E-state index in [1.165, 1.54) is 6.07 Å². The van der Waals surface area contributed by atoms with Crippen LogP contribution in [-0.4, -0.2) is 6.54 Å². The van der Waals surface area contributed by atoms with Crippen molar-refractivity contribution in [2.75, 3.05) is 6.54 Å². The molecule has 0 aromatic heterocycles. The van der Waals surface area contributed by atoms with Gasteiger partial charge in [-0.2, -0.15) is 13.2 Å². The number of hydrogen-bond acceptors (Lipinski definition) is 1. The van der Waals surface area contributed by atoms with Gasteiger partial charge in [0.15, 0.2) is 0 Å². The van der Waals surface area contributed by atoms with Crippen LogP contribution in [0.5, 0.6) is 0 Å². The maximum atomic E-state index is 12.5. The predicted octanol–water partition coefficient (Wildman–Crippen LogP) is 4.21. The maximum Gasteiger partial charge on any atom is 0.416 e. The van der Waals surface area contributed by atoms with Crippen molar-refractivity contribution < 1.29 is 13.2 Å². The van der Waals surface area contributed by atoms with Gasteiger partial charge in [-0.25, -0.2) is 0 Å². The van der Waals surface area contributed by atoms with Crippen molar-refractivity contribution in [3.05, 3.63) is 34.3 Å². The van der Waals surface area contributed by atoms with Gasteiger partial charge in [0.05, 0.1) is 5.56 Å². The second-order valence-corrected chi connectivity index (χ2v) is 4.29. The molecule has 2 rings (SSSR count). The molecule has 1 aliphatic heterocycles. The largest absolute Gasteiger partial charge is 0.416 e. The Labute approximate surface area is 109 Å². The van der Waals surface area contributed by atoms with Crippen LogP contribution < -0.4 is 5.32 Å². The van der Waals surface area contributed by atoms with Gasteiger partial charge in [-0.15, -0.1) is 12.4 Å². The quantitative estimate of drug-likeness (QED) is 0.815. The zero-order valence-corrected chi connectivity index (χ0v) is 10.4. The van der Waals surface area contributed by atoms with Crippen molar-refractivity contribution in [2.24, 2.45) is 0 Å². The van der Waals surface area contributed by atoms with E-state index in [2.05, 4.69) is 5.32 Å². The Hall–Kier alpha value is -0.450. The van der Waals surface area contributed by atoms with E-state index in [4.69, 9.17) is 11.6 Å². The number of rotatable bonds is 1.